The fourth-order valence-electron chi connectivity index (χ4n) is 1.48. The molecule has 2 rings (SSSR count). The maximum atomic E-state index is 13.5. The Kier molecular flexibility index (Phi) is 3.10. The minimum Gasteiger partial charge on any atom is -0.493 e. The van der Waals surface area contributed by atoms with Gasteiger partial charge in [-0.1, -0.05) is 18.2 Å². The summed E-state index contributed by atoms with van der Waals surface area (Å²) in [6.07, 6.45) is 0. The topological polar surface area (TPSA) is 66.0 Å². The fraction of sp³-hybridized carbons (Fsp3) is 0.0909. The Morgan fingerprint density at radius 3 is 2.71 bits per heavy atom. The summed E-state index contributed by atoms with van der Waals surface area (Å²) in [6, 6.07) is 5.64. The fourth-order valence-corrected chi connectivity index (χ4v) is 1.60. The summed E-state index contributed by atoms with van der Waals surface area (Å²) in [6.45, 7) is 0. The Morgan fingerprint density at radius 1 is 1.41 bits per heavy atom. The third-order valence-electron chi connectivity index (χ3n) is 2.22. The zero-order valence-electron chi connectivity index (χ0n) is 8.58. The van der Waals surface area contributed by atoms with Crippen LogP contribution in [0, 0.1) is 5.82 Å². The molecule has 6 heteroatoms. The van der Waals surface area contributed by atoms with Crippen LogP contribution in [-0.2, 0) is 5.88 Å². The molecule has 2 N–H and O–H groups in total. The van der Waals surface area contributed by atoms with Crippen LogP contribution >= 0.6 is 11.6 Å². The molecule has 0 aliphatic rings. The van der Waals surface area contributed by atoms with E-state index in [2.05, 4.69) is 9.97 Å². The van der Waals surface area contributed by atoms with Crippen molar-refractivity contribution in [3.63, 3.8) is 0 Å². The molecule has 0 aliphatic heterocycles. The molecule has 1 aromatic carbocycles. The van der Waals surface area contributed by atoms with E-state index >= 15 is 0 Å². The van der Waals surface area contributed by atoms with E-state index in [4.69, 9.17) is 11.6 Å². The number of H-pyrrole nitrogens is 1. The molecule has 17 heavy (non-hydrogen) atoms. The van der Waals surface area contributed by atoms with E-state index in [1.807, 2.05) is 0 Å². The lowest BCUT2D eigenvalue weighted by Crippen LogP contribution is -2.13. The third kappa shape index (κ3) is 2.14. The van der Waals surface area contributed by atoms with Gasteiger partial charge in [0.05, 0.1) is 5.88 Å². The number of alkyl halides is 1. The van der Waals surface area contributed by atoms with Gasteiger partial charge in [0.15, 0.2) is 0 Å². The van der Waals surface area contributed by atoms with Crippen LogP contribution in [0.2, 0.25) is 0 Å². The quantitative estimate of drug-likeness (QED) is 0.806. The molecule has 0 aliphatic carbocycles. The summed E-state index contributed by atoms with van der Waals surface area (Å²) in [7, 11) is 0. The van der Waals surface area contributed by atoms with Crippen molar-refractivity contribution in [1.82, 2.24) is 9.97 Å². The molecule has 0 radical (unpaired) electrons. The lowest BCUT2D eigenvalue weighted by atomic mass is 10.1. The molecule has 0 atom stereocenters. The van der Waals surface area contributed by atoms with Crippen LogP contribution in [0.5, 0.6) is 5.88 Å². The Hall–Kier alpha value is -1.88. The second-order valence-electron chi connectivity index (χ2n) is 3.32. The standard InChI is InChI=1S/C11H8ClFN2O2/c12-5-8-14-10(16)9(11(17)15-8)6-3-1-2-4-7(6)13/h1-4H,5H2,(H2,14,15,16,17). The molecule has 0 amide bonds. The highest BCUT2D eigenvalue weighted by atomic mass is 35.5. The van der Waals surface area contributed by atoms with Crippen molar-refractivity contribution in [1.29, 1.82) is 0 Å². The van der Waals surface area contributed by atoms with E-state index in [0.717, 1.165) is 0 Å². The summed E-state index contributed by atoms with van der Waals surface area (Å²) >= 11 is 5.48. The second-order valence-corrected chi connectivity index (χ2v) is 3.59. The van der Waals surface area contributed by atoms with Crippen molar-refractivity contribution >= 4 is 11.6 Å². The molecular weight excluding hydrogens is 247 g/mol. The van der Waals surface area contributed by atoms with Crippen LogP contribution < -0.4 is 5.56 Å². The molecule has 0 unspecified atom stereocenters. The minimum absolute atomic E-state index is 0.000118. The van der Waals surface area contributed by atoms with Crippen LogP contribution in [0.1, 0.15) is 5.82 Å². The van der Waals surface area contributed by atoms with Crippen molar-refractivity contribution < 1.29 is 9.50 Å². The normalized spacial score (nSPS) is 10.5. The summed E-state index contributed by atoms with van der Waals surface area (Å²) in [5, 5.41) is 9.62. The van der Waals surface area contributed by atoms with Crippen LogP contribution in [0.3, 0.4) is 0 Å². The molecular formula is C11H8ClFN2O2. The van der Waals surface area contributed by atoms with Gasteiger partial charge < -0.3 is 10.1 Å². The zero-order chi connectivity index (χ0) is 12.4. The minimum atomic E-state index is -0.627. The van der Waals surface area contributed by atoms with Crippen molar-refractivity contribution in [2.24, 2.45) is 0 Å². The Labute approximate surface area is 101 Å². The van der Waals surface area contributed by atoms with Gasteiger partial charge in [0.2, 0.25) is 5.88 Å². The van der Waals surface area contributed by atoms with Crippen LogP contribution in [0.4, 0.5) is 4.39 Å². The van der Waals surface area contributed by atoms with E-state index in [1.54, 1.807) is 6.07 Å². The van der Waals surface area contributed by atoms with E-state index in [-0.39, 0.29) is 22.8 Å². The Bertz CT molecular complexity index is 613. The van der Waals surface area contributed by atoms with Gasteiger partial charge in [-0.15, -0.1) is 11.6 Å². The Balaban J connectivity index is 2.69. The number of hydrogen-bond donors (Lipinski definition) is 2. The predicted molar refractivity (Wildman–Crippen MR) is 61.5 cm³/mol. The van der Waals surface area contributed by atoms with E-state index in [1.165, 1.54) is 18.2 Å². The molecule has 0 spiro atoms. The third-order valence-corrected chi connectivity index (χ3v) is 2.47. The first-order valence-corrected chi connectivity index (χ1v) is 5.30. The van der Waals surface area contributed by atoms with Crippen molar-refractivity contribution in [2.45, 2.75) is 5.88 Å². The van der Waals surface area contributed by atoms with Gasteiger partial charge in [-0.25, -0.2) is 4.39 Å². The molecule has 2 aromatic rings. The maximum Gasteiger partial charge on any atom is 0.262 e. The summed E-state index contributed by atoms with van der Waals surface area (Å²) in [4.78, 5) is 17.7. The number of nitrogens with one attached hydrogen (secondary N) is 1. The van der Waals surface area contributed by atoms with Gasteiger partial charge in [-0.05, 0) is 6.07 Å². The zero-order valence-corrected chi connectivity index (χ0v) is 9.33. The average Bonchev–Trinajstić information content (AvgIpc) is 2.30. The van der Waals surface area contributed by atoms with E-state index < -0.39 is 17.3 Å². The largest absolute Gasteiger partial charge is 0.493 e. The van der Waals surface area contributed by atoms with Gasteiger partial charge in [-0.3, -0.25) is 4.79 Å². The maximum absolute atomic E-state index is 13.5. The van der Waals surface area contributed by atoms with Gasteiger partial charge in [0, 0.05) is 5.56 Å². The van der Waals surface area contributed by atoms with Crippen molar-refractivity contribution in [3.05, 3.63) is 46.3 Å². The number of aromatic hydroxyl groups is 1. The molecule has 0 fully saturated rings. The number of nitrogens with zero attached hydrogens (tertiary/aromatic N) is 1. The van der Waals surface area contributed by atoms with Gasteiger partial charge in [0.1, 0.15) is 17.2 Å². The Morgan fingerprint density at radius 2 is 2.12 bits per heavy atom. The number of aromatic amines is 1. The van der Waals surface area contributed by atoms with Gasteiger partial charge >= 0.3 is 0 Å². The molecule has 0 bridgehead atoms. The van der Waals surface area contributed by atoms with Crippen LogP contribution in [-0.4, -0.2) is 15.1 Å². The molecule has 0 saturated heterocycles. The summed E-state index contributed by atoms with van der Waals surface area (Å²) in [5.41, 5.74) is -0.824. The molecule has 0 saturated carbocycles. The first-order valence-electron chi connectivity index (χ1n) is 4.76. The number of benzene rings is 1. The SMILES string of the molecule is O=c1[nH]c(CCl)nc(O)c1-c1ccccc1F. The second kappa shape index (κ2) is 4.55. The molecule has 1 aromatic heterocycles. The molecule has 1 heterocycles. The average molecular weight is 255 g/mol. The number of hydrogen-bond acceptors (Lipinski definition) is 3. The van der Waals surface area contributed by atoms with Gasteiger partial charge in [0.25, 0.3) is 5.56 Å². The lowest BCUT2D eigenvalue weighted by molar-refractivity contribution is 0.450. The first kappa shape index (κ1) is 11.6. The van der Waals surface area contributed by atoms with Crippen molar-refractivity contribution in [3.8, 4) is 17.0 Å². The highest BCUT2D eigenvalue weighted by Crippen LogP contribution is 2.25. The van der Waals surface area contributed by atoms with E-state index in [0.29, 0.717) is 0 Å². The number of rotatable bonds is 2. The smallest absolute Gasteiger partial charge is 0.262 e. The number of aromatic nitrogens is 2. The highest BCUT2D eigenvalue weighted by molar-refractivity contribution is 6.16. The molecule has 4 nitrogen and oxygen atoms in total. The predicted octanol–water partition coefficient (Wildman–Crippen LogP) is 2.02. The first-order chi connectivity index (χ1) is 8.13. The van der Waals surface area contributed by atoms with Crippen molar-refractivity contribution in [2.75, 3.05) is 0 Å². The van der Waals surface area contributed by atoms with Gasteiger partial charge in [-0.2, -0.15) is 4.98 Å². The van der Waals surface area contributed by atoms with Crippen LogP contribution in [0.15, 0.2) is 29.1 Å². The summed E-state index contributed by atoms with van der Waals surface area (Å²) in [5.74, 6) is -1.04. The highest BCUT2D eigenvalue weighted by Gasteiger charge is 2.15. The lowest BCUT2D eigenvalue weighted by Gasteiger charge is -2.05. The molecule has 88 valence electrons. The number of halogens is 2. The summed E-state index contributed by atoms with van der Waals surface area (Å²) < 4.78 is 13.5. The monoisotopic (exact) mass is 254 g/mol. The van der Waals surface area contributed by atoms with E-state index in [9.17, 15) is 14.3 Å². The van der Waals surface area contributed by atoms with Crippen LogP contribution in [0.25, 0.3) is 11.1 Å².